The van der Waals surface area contributed by atoms with Gasteiger partial charge in [0.15, 0.2) is 0 Å². The SMILES string of the molecule is C[C@]1(c2ccc3c(c2)N(C(=O)C2CCC(NCC(F)(F)F)CC2)Cc2cccnc2N3)CCCOC1. The van der Waals surface area contributed by atoms with E-state index < -0.39 is 12.7 Å². The first-order chi connectivity index (χ1) is 17.2. The van der Waals surface area contributed by atoms with Crippen LogP contribution in [0, 0.1) is 5.92 Å². The second-order valence-corrected chi connectivity index (χ2v) is 10.6. The molecule has 194 valence electrons. The predicted molar refractivity (Wildman–Crippen MR) is 132 cm³/mol. The number of alkyl halides is 3. The van der Waals surface area contributed by atoms with E-state index in [1.807, 2.05) is 23.1 Å². The first-order valence-corrected chi connectivity index (χ1v) is 12.8. The molecule has 1 amide bonds. The number of carbonyl (C=O) groups excluding carboxylic acids is 1. The summed E-state index contributed by atoms with van der Waals surface area (Å²) >= 11 is 0. The minimum atomic E-state index is -4.23. The molecule has 0 radical (unpaired) electrons. The Balaban J connectivity index is 1.40. The van der Waals surface area contributed by atoms with E-state index in [0.29, 0.717) is 38.8 Å². The lowest BCUT2D eigenvalue weighted by molar-refractivity contribution is -0.128. The van der Waals surface area contributed by atoms with Gasteiger partial charge < -0.3 is 20.3 Å². The lowest BCUT2D eigenvalue weighted by Crippen LogP contribution is -2.43. The Labute approximate surface area is 209 Å². The second kappa shape index (κ2) is 10.0. The Morgan fingerprint density at radius 3 is 2.78 bits per heavy atom. The number of rotatable bonds is 4. The van der Waals surface area contributed by atoms with E-state index in [1.165, 1.54) is 0 Å². The Hall–Kier alpha value is -2.65. The number of nitrogens with one attached hydrogen (secondary N) is 2. The molecule has 3 heterocycles. The molecule has 0 bridgehead atoms. The van der Waals surface area contributed by atoms with E-state index in [1.54, 1.807) is 6.20 Å². The van der Waals surface area contributed by atoms with Crippen molar-refractivity contribution < 1.29 is 22.7 Å². The lowest BCUT2D eigenvalue weighted by Gasteiger charge is -2.36. The number of fused-ring (bicyclic) bond motifs is 2. The van der Waals surface area contributed by atoms with Crippen LogP contribution in [0.1, 0.15) is 56.6 Å². The van der Waals surface area contributed by atoms with Gasteiger partial charge in [0.1, 0.15) is 5.82 Å². The number of aromatic nitrogens is 1. The monoisotopic (exact) mass is 502 g/mol. The molecule has 1 aliphatic carbocycles. The molecule has 6 nitrogen and oxygen atoms in total. The summed E-state index contributed by atoms with van der Waals surface area (Å²) in [7, 11) is 0. The Kier molecular flexibility index (Phi) is 6.96. The van der Waals surface area contributed by atoms with Crippen molar-refractivity contribution >= 4 is 23.1 Å². The molecule has 1 aromatic heterocycles. The van der Waals surface area contributed by atoms with Crippen LogP contribution in [0.25, 0.3) is 0 Å². The van der Waals surface area contributed by atoms with E-state index in [0.717, 1.165) is 47.8 Å². The highest BCUT2D eigenvalue weighted by Crippen LogP contribution is 2.41. The Bertz CT molecular complexity index is 1090. The number of hydrogen-bond acceptors (Lipinski definition) is 5. The summed E-state index contributed by atoms with van der Waals surface area (Å²) in [4.78, 5) is 20.3. The average molecular weight is 503 g/mol. The zero-order valence-electron chi connectivity index (χ0n) is 20.5. The standard InChI is InChI=1S/C27H33F3N4O2/c1-26(11-3-13-36-17-26)20-7-10-22-23(14-20)34(15-19-4-2-12-31-24(19)33-22)25(35)18-5-8-21(9-6-18)32-16-27(28,29)30/h2,4,7,10,12,14,18,21,32H,3,5-6,8-9,11,13,15-17H2,1H3,(H,31,33)/t18?,21?,26-/m0/s1. The lowest BCUT2D eigenvalue weighted by atomic mass is 9.78. The first-order valence-electron chi connectivity index (χ1n) is 12.8. The van der Waals surface area contributed by atoms with Crippen LogP contribution in [0.5, 0.6) is 0 Å². The van der Waals surface area contributed by atoms with Gasteiger partial charge in [-0.25, -0.2) is 4.98 Å². The van der Waals surface area contributed by atoms with Gasteiger partial charge in [-0.15, -0.1) is 0 Å². The fourth-order valence-corrected chi connectivity index (χ4v) is 5.68. The van der Waals surface area contributed by atoms with Crippen molar-refractivity contribution in [2.45, 2.75) is 69.6 Å². The normalized spacial score (nSPS) is 26.4. The molecule has 1 atom stereocenters. The van der Waals surface area contributed by atoms with Crippen LogP contribution >= 0.6 is 0 Å². The number of anilines is 3. The van der Waals surface area contributed by atoms with Crippen molar-refractivity contribution in [3.63, 3.8) is 0 Å². The number of pyridine rings is 1. The Morgan fingerprint density at radius 2 is 2.06 bits per heavy atom. The van der Waals surface area contributed by atoms with Gasteiger partial charge in [-0.05, 0) is 62.3 Å². The number of benzene rings is 1. The molecule has 1 aromatic carbocycles. The van der Waals surface area contributed by atoms with Gasteiger partial charge in [0.2, 0.25) is 5.91 Å². The highest BCUT2D eigenvalue weighted by atomic mass is 19.4. The number of ether oxygens (including phenoxy) is 1. The molecule has 1 saturated heterocycles. The van der Waals surface area contributed by atoms with E-state index in [4.69, 9.17) is 4.74 Å². The average Bonchev–Trinajstić information content (AvgIpc) is 3.04. The van der Waals surface area contributed by atoms with Crippen molar-refractivity contribution in [2.24, 2.45) is 5.92 Å². The van der Waals surface area contributed by atoms with Crippen molar-refractivity contribution in [1.82, 2.24) is 10.3 Å². The number of hydrogen-bond donors (Lipinski definition) is 2. The third-order valence-corrected chi connectivity index (χ3v) is 7.83. The maximum absolute atomic E-state index is 13.9. The van der Waals surface area contributed by atoms with Crippen molar-refractivity contribution in [3.8, 4) is 0 Å². The summed E-state index contributed by atoms with van der Waals surface area (Å²) in [5.74, 6) is 0.526. The third kappa shape index (κ3) is 5.37. The van der Waals surface area contributed by atoms with Gasteiger partial charge in [-0.3, -0.25) is 4.79 Å². The van der Waals surface area contributed by atoms with E-state index >= 15 is 0 Å². The Morgan fingerprint density at radius 1 is 1.25 bits per heavy atom. The molecule has 2 N–H and O–H groups in total. The third-order valence-electron chi connectivity index (χ3n) is 7.83. The van der Waals surface area contributed by atoms with Crippen LogP contribution < -0.4 is 15.5 Å². The van der Waals surface area contributed by atoms with Gasteiger partial charge >= 0.3 is 6.18 Å². The maximum Gasteiger partial charge on any atom is 0.401 e. The summed E-state index contributed by atoms with van der Waals surface area (Å²) in [5.41, 5.74) is 3.59. The minimum Gasteiger partial charge on any atom is -0.381 e. The van der Waals surface area contributed by atoms with Crippen LogP contribution in [0.15, 0.2) is 36.5 Å². The van der Waals surface area contributed by atoms with Gasteiger partial charge in [0, 0.05) is 35.7 Å². The summed E-state index contributed by atoms with van der Waals surface area (Å²) in [6.07, 6.45) is 1.76. The maximum atomic E-state index is 13.9. The molecule has 2 aliphatic heterocycles. The number of halogens is 3. The van der Waals surface area contributed by atoms with Crippen LogP contribution in [-0.4, -0.2) is 42.9 Å². The van der Waals surface area contributed by atoms with Crippen LogP contribution in [0.4, 0.5) is 30.4 Å². The number of carbonyl (C=O) groups is 1. The molecule has 0 spiro atoms. The quantitative estimate of drug-likeness (QED) is 0.582. The van der Waals surface area contributed by atoms with Crippen molar-refractivity contribution in [1.29, 1.82) is 0 Å². The molecular weight excluding hydrogens is 469 g/mol. The smallest absolute Gasteiger partial charge is 0.381 e. The molecule has 3 aliphatic rings. The van der Waals surface area contributed by atoms with Gasteiger partial charge in [0.05, 0.1) is 31.1 Å². The number of nitrogens with zero attached hydrogens (tertiary/aromatic N) is 2. The molecule has 2 fully saturated rings. The van der Waals surface area contributed by atoms with Crippen LogP contribution in [0.3, 0.4) is 0 Å². The molecule has 36 heavy (non-hydrogen) atoms. The van der Waals surface area contributed by atoms with Crippen molar-refractivity contribution in [2.75, 3.05) is 30.0 Å². The molecule has 1 saturated carbocycles. The molecule has 2 aromatic rings. The second-order valence-electron chi connectivity index (χ2n) is 10.6. The predicted octanol–water partition coefficient (Wildman–Crippen LogP) is 5.45. The van der Waals surface area contributed by atoms with E-state index in [9.17, 15) is 18.0 Å². The van der Waals surface area contributed by atoms with Gasteiger partial charge in [-0.2, -0.15) is 13.2 Å². The molecule has 5 rings (SSSR count). The number of amides is 1. The fraction of sp³-hybridized carbons (Fsp3) is 0.556. The molecular formula is C27H33F3N4O2. The summed E-state index contributed by atoms with van der Waals surface area (Å²) in [5, 5.41) is 6.03. The zero-order chi connectivity index (χ0) is 25.3. The largest absolute Gasteiger partial charge is 0.401 e. The van der Waals surface area contributed by atoms with Gasteiger partial charge in [-0.1, -0.05) is 19.1 Å². The fourth-order valence-electron chi connectivity index (χ4n) is 5.68. The minimum absolute atomic E-state index is 0.0196. The highest BCUT2D eigenvalue weighted by molar-refractivity contribution is 5.99. The van der Waals surface area contributed by atoms with Crippen LogP contribution in [-0.2, 0) is 21.5 Å². The van der Waals surface area contributed by atoms with Crippen molar-refractivity contribution in [3.05, 3.63) is 47.7 Å². The van der Waals surface area contributed by atoms with Gasteiger partial charge in [0.25, 0.3) is 0 Å². The zero-order valence-corrected chi connectivity index (χ0v) is 20.5. The summed E-state index contributed by atoms with van der Waals surface area (Å²) in [6, 6.07) is 9.86. The summed E-state index contributed by atoms with van der Waals surface area (Å²) in [6.45, 7) is 3.02. The molecule has 9 heteroatoms. The van der Waals surface area contributed by atoms with Crippen LogP contribution in [0.2, 0.25) is 0 Å². The van der Waals surface area contributed by atoms with E-state index in [2.05, 4.69) is 34.7 Å². The first kappa shape index (κ1) is 25.0. The van der Waals surface area contributed by atoms with E-state index in [-0.39, 0.29) is 23.3 Å². The molecule has 0 unspecified atom stereocenters. The highest BCUT2D eigenvalue weighted by Gasteiger charge is 2.36. The summed E-state index contributed by atoms with van der Waals surface area (Å²) < 4.78 is 43.6. The topological polar surface area (TPSA) is 66.5 Å².